The zero-order valence-corrected chi connectivity index (χ0v) is 12.8. The lowest BCUT2D eigenvalue weighted by Crippen LogP contribution is -2.43. The Hall–Kier alpha value is -0.820. The van der Waals surface area contributed by atoms with Crippen LogP contribution in [0.15, 0.2) is 0 Å². The Bertz CT molecular complexity index is 419. The highest BCUT2D eigenvalue weighted by molar-refractivity contribution is 7.91. The van der Waals surface area contributed by atoms with E-state index in [1.165, 1.54) is 19.3 Å². The van der Waals surface area contributed by atoms with E-state index in [0.717, 1.165) is 19.6 Å². The number of hydrogen-bond donors (Lipinski definition) is 2. The van der Waals surface area contributed by atoms with Gasteiger partial charge in [0.2, 0.25) is 0 Å². The van der Waals surface area contributed by atoms with Crippen molar-refractivity contribution in [1.29, 1.82) is 0 Å². The van der Waals surface area contributed by atoms with E-state index in [1.54, 1.807) is 0 Å². The maximum absolute atomic E-state index is 11.6. The average Bonchev–Trinajstić information content (AvgIpc) is 2.77. The number of urea groups is 1. The van der Waals surface area contributed by atoms with Crippen molar-refractivity contribution in [1.82, 2.24) is 15.5 Å². The molecule has 2 aliphatic heterocycles. The van der Waals surface area contributed by atoms with E-state index in [4.69, 9.17) is 0 Å². The largest absolute Gasteiger partial charge is 0.338 e. The Balaban J connectivity index is 1.54. The van der Waals surface area contributed by atoms with Gasteiger partial charge in [-0.3, -0.25) is 0 Å². The SMILES string of the molecule is O=C(NCCN1CCCCC1)NC[C@H]1CCS(=O)(=O)C1. The number of nitrogens with one attached hydrogen (secondary N) is 2. The Morgan fingerprint density at radius 2 is 1.90 bits per heavy atom. The summed E-state index contributed by atoms with van der Waals surface area (Å²) >= 11 is 0. The highest BCUT2D eigenvalue weighted by Gasteiger charge is 2.27. The molecule has 0 bridgehead atoms. The zero-order valence-electron chi connectivity index (χ0n) is 11.9. The van der Waals surface area contributed by atoms with Gasteiger partial charge < -0.3 is 15.5 Å². The topological polar surface area (TPSA) is 78.5 Å². The monoisotopic (exact) mass is 303 g/mol. The summed E-state index contributed by atoms with van der Waals surface area (Å²) in [4.78, 5) is 14.0. The van der Waals surface area contributed by atoms with Gasteiger partial charge in [0.1, 0.15) is 0 Å². The van der Waals surface area contributed by atoms with Gasteiger partial charge in [-0.15, -0.1) is 0 Å². The molecule has 0 saturated carbocycles. The molecule has 2 rings (SSSR count). The maximum Gasteiger partial charge on any atom is 0.314 e. The third kappa shape index (κ3) is 5.28. The van der Waals surface area contributed by atoms with Crippen LogP contribution in [0.2, 0.25) is 0 Å². The number of carbonyl (C=O) groups is 1. The summed E-state index contributed by atoms with van der Waals surface area (Å²) in [6, 6.07) is -0.189. The number of piperidine rings is 1. The lowest BCUT2D eigenvalue weighted by Gasteiger charge is -2.26. The molecule has 0 aromatic heterocycles. The van der Waals surface area contributed by atoms with E-state index in [9.17, 15) is 13.2 Å². The number of amides is 2. The van der Waals surface area contributed by atoms with Crippen LogP contribution in [-0.2, 0) is 9.84 Å². The molecule has 0 unspecified atom stereocenters. The molecular weight excluding hydrogens is 278 g/mol. The van der Waals surface area contributed by atoms with Crippen molar-refractivity contribution in [2.24, 2.45) is 5.92 Å². The Kier molecular flexibility index (Phi) is 5.65. The summed E-state index contributed by atoms with van der Waals surface area (Å²) in [5, 5.41) is 5.60. The molecule has 6 nitrogen and oxygen atoms in total. The van der Waals surface area contributed by atoms with Gasteiger partial charge in [0, 0.05) is 19.6 Å². The van der Waals surface area contributed by atoms with Crippen LogP contribution in [0.3, 0.4) is 0 Å². The highest BCUT2D eigenvalue weighted by atomic mass is 32.2. The molecule has 2 heterocycles. The Labute approximate surface area is 121 Å². The van der Waals surface area contributed by atoms with E-state index in [-0.39, 0.29) is 23.5 Å². The standard InChI is InChI=1S/C13H25N3O3S/c17-13(14-5-8-16-6-2-1-3-7-16)15-10-12-4-9-20(18,19)11-12/h12H,1-11H2,(H2,14,15,17)/t12-/m1/s1. The van der Waals surface area contributed by atoms with Crippen molar-refractivity contribution >= 4 is 15.9 Å². The van der Waals surface area contributed by atoms with E-state index >= 15 is 0 Å². The van der Waals surface area contributed by atoms with Gasteiger partial charge in [0.15, 0.2) is 9.84 Å². The first kappa shape index (κ1) is 15.6. The van der Waals surface area contributed by atoms with Crippen LogP contribution in [-0.4, -0.2) is 63.6 Å². The predicted molar refractivity (Wildman–Crippen MR) is 78.5 cm³/mol. The van der Waals surface area contributed by atoms with Gasteiger partial charge in [-0.25, -0.2) is 13.2 Å². The van der Waals surface area contributed by atoms with Crippen LogP contribution < -0.4 is 10.6 Å². The van der Waals surface area contributed by atoms with Crippen molar-refractivity contribution in [2.75, 3.05) is 44.2 Å². The minimum absolute atomic E-state index is 0.0767. The lowest BCUT2D eigenvalue weighted by atomic mass is 10.1. The molecule has 116 valence electrons. The molecule has 2 saturated heterocycles. The Morgan fingerprint density at radius 1 is 1.15 bits per heavy atom. The fraction of sp³-hybridized carbons (Fsp3) is 0.923. The normalized spacial score (nSPS) is 26.3. The van der Waals surface area contributed by atoms with E-state index in [2.05, 4.69) is 15.5 Å². The first-order chi connectivity index (χ1) is 9.55. The second-order valence-electron chi connectivity index (χ2n) is 5.81. The van der Waals surface area contributed by atoms with Crippen LogP contribution in [0.1, 0.15) is 25.7 Å². The highest BCUT2D eigenvalue weighted by Crippen LogP contribution is 2.17. The van der Waals surface area contributed by atoms with E-state index in [1.807, 2.05) is 0 Å². The molecule has 0 aliphatic carbocycles. The summed E-state index contributed by atoms with van der Waals surface area (Å²) in [6.45, 7) is 4.25. The van der Waals surface area contributed by atoms with Crippen molar-refractivity contribution in [3.8, 4) is 0 Å². The van der Waals surface area contributed by atoms with Crippen LogP contribution in [0, 0.1) is 5.92 Å². The molecule has 7 heteroatoms. The first-order valence-electron chi connectivity index (χ1n) is 7.50. The van der Waals surface area contributed by atoms with Crippen LogP contribution in [0.5, 0.6) is 0 Å². The molecular formula is C13H25N3O3S. The molecule has 0 radical (unpaired) electrons. The number of sulfone groups is 1. The molecule has 20 heavy (non-hydrogen) atoms. The van der Waals surface area contributed by atoms with Crippen LogP contribution in [0.25, 0.3) is 0 Å². The van der Waals surface area contributed by atoms with Gasteiger partial charge in [0.25, 0.3) is 0 Å². The number of rotatable bonds is 5. The molecule has 0 aromatic rings. The van der Waals surface area contributed by atoms with Crippen molar-refractivity contribution in [3.63, 3.8) is 0 Å². The fourth-order valence-electron chi connectivity index (χ4n) is 2.84. The Morgan fingerprint density at radius 3 is 2.55 bits per heavy atom. The quantitative estimate of drug-likeness (QED) is 0.761. The van der Waals surface area contributed by atoms with Gasteiger partial charge >= 0.3 is 6.03 Å². The maximum atomic E-state index is 11.6. The molecule has 2 N–H and O–H groups in total. The number of carbonyl (C=O) groups excluding carboxylic acids is 1. The van der Waals surface area contributed by atoms with Crippen molar-refractivity contribution < 1.29 is 13.2 Å². The molecule has 1 atom stereocenters. The lowest BCUT2D eigenvalue weighted by molar-refractivity contribution is 0.220. The van der Waals surface area contributed by atoms with Crippen molar-refractivity contribution in [2.45, 2.75) is 25.7 Å². The fourth-order valence-corrected chi connectivity index (χ4v) is 4.70. The summed E-state index contributed by atoms with van der Waals surface area (Å²) < 4.78 is 22.6. The van der Waals surface area contributed by atoms with Gasteiger partial charge in [-0.05, 0) is 38.3 Å². The number of likely N-dealkylation sites (tertiary alicyclic amines) is 1. The molecule has 2 fully saturated rings. The molecule has 2 aliphatic rings. The summed E-state index contributed by atoms with van der Waals surface area (Å²) in [6.07, 6.45) is 4.48. The third-order valence-corrected chi connectivity index (χ3v) is 5.88. The summed E-state index contributed by atoms with van der Waals surface area (Å²) in [7, 11) is -2.85. The predicted octanol–water partition coefficient (Wildman–Crippen LogP) is 0.206. The second kappa shape index (κ2) is 7.26. The second-order valence-corrected chi connectivity index (χ2v) is 8.04. The van der Waals surface area contributed by atoms with Gasteiger partial charge in [-0.1, -0.05) is 6.42 Å². The van der Waals surface area contributed by atoms with Gasteiger partial charge in [0.05, 0.1) is 11.5 Å². The molecule has 2 amide bonds. The number of nitrogens with zero attached hydrogens (tertiary/aromatic N) is 1. The first-order valence-corrected chi connectivity index (χ1v) is 9.32. The summed E-state index contributed by atoms with van der Waals surface area (Å²) in [5.41, 5.74) is 0. The minimum atomic E-state index is -2.85. The average molecular weight is 303 g/mol. The van der Waals surface area contributed by atoms with Crippen molar-refractivity contribution in [3.05, 3.63) is 0 Å². The van der Waals surface area contributed by atoms with Crippen LogP contribution >= 0.6 is 0 Å². The van der Waals surface area contributed by atoms with Crippen LogP contribution in [0.4, 0.5) is 4.79 Å². The molecule has 0 spiro atoms. The summed E-state index contributed by atoms with van der Waals surface area (Å²) in [5.74, 6) is 0.546. The van der Waals surface area contributed by atoms with E-state index in [0.29, 0.717) is 19.5 Å². The minimum Gasteiger partial charge on any atom is -0.338 e. The molecule has 0 aromatic carbocycles. The number of hydrogen-bond acceptors (Lipinski definition) is 4. The third-order valence-electron chi connectivity index (χ3n) is 4.04. The van der Waals surface area contributed by atoms with E-state index < -0.39 is 9.84 Å². The smallest absolute Gasteiger partial charge is 0.314 e. The zero-order chi connectivity index (χ0) is 14.4. The van der Waals surface area contributed by atoms with Gasteiger partial charge in [-0.2, -0.15) is 0 Å².